The first-order valence-corrected chi connectivity index (χ1v) is 10.2. The Kier molecular flexibility index (Phi) is 6.90. The fraction of sp³-hybridized carbons (Fsp3) is 0.238. The van der Waals surface area contributed by atoms with E-state index in [1.54, 1.807) is 19.1 Å². The SMILES string of the molecule is COc1ccc(CCN(C(=O)CCl)c2nc(-c3ccccc3)cs2)cc1OC. The number of aromatic nitrogens is 1. The van der Waals surface area contributed by atoms with E-state index in [-0.39, 0.29) is 11.8 Å². The molecule has 1 aromatic heterocycles. The van der Waals surface area contributed by atoms with Crippen LogP contribution in [0.3, 0.4) is 0 Å². The Labute approximate surface area is 173 Å². The maximum Gasteiger partial charge on any atom is 0.243 e. The van der Waals surface area contributed by atoms with Crippen molar-refractivity contribution in [3.63, 3.8) is 0 Å². The topological polar surface area (TPSA) is 51.7 Å². The number of hydrogen-bond donors (Lipinski definition) is 0. The second-order valence-electron chi connectivity index (χ2n) is 6.00. The molecule has 146 valence electrons. The van der Waals surface area contributed by atoms with Crippen molar-refractivity contribution in [2.45, 2.75) is 6.42 Å². The highest BCUT2D eigenvalue weighted by molar-refractivity contribution is 7.14. The van der Waals surface area contributed by atoms with Crippen LogP contribution in [0.4, 0.5) is 5.13 Å². The number of anilines is 1. The molecule has 1 amide bonds. The molecule has 5 nitrogen and oxygen atoms in total. The molecule has 0 radical (unpaired) electrons. The summed E-state index contributed by atoms with van der Waals surface area (Å²) in [6.45, 7) is 0.475. The summed E-state index contributed by atoms with van der Waals surface area (Å²) in [7, 11) is 3.21. The van der Waals surface area contributed by atoms with Crippen LogP contribution in [0.25, 0.3) is 11.3 Å². The van der Waals surface area contributed by atoms with Gasteiger partial charge in [0.2, 0.25) is 5.91 Å². The Balaban J connectivity index is 1.78. The lowest BCUT2D eigenvalue weighted by Gasteiger charge is -2.19. The lowest BCUT2D eigenvalue weighted by Crippen LogP contribution is -2.33. The van der Waals surface area contributed by atoms with Crippen LogP contribution in [0.1, 0.15) is 5.56 Å². The first-order chi connectivity index (χ1) is 13.7. The van der Waals surface area contributed by atoms with E-state index >= 15 is 0 Å². The monoisotopic (exact) mass is 416 g/mol. The third kappa shape index (κ3) is 4.64. The van der Waals surface area contributed by atoms with Gasteiger partial charge in [-0.1, -0.05) is 36.4 Å². The predicted molar refractivity (Wildman–Crippen MR) is 114 cm³/mol. The molecule has 3 rings (SSSR count). The number of carbonyl (C=O) groups is 1. The number of halogens is 1. The summed E-state index contributed by atoms with van der Waals surface area (Å²) in [5.74, 6) is 1.07. The number of benzene rings is 2. The van der Waals surface area contributed by atoms with Gasteiger partial charge >= 0.3 is 0 Å². The van der Waals surface area contributed by atoms with Crippen molar-refractivity contribution in [2.75, 3.05) is 31.5 Å². The number of nitrogens with zero attached hydrogens (tertiary/aromatic N) is 2. The summed E-state index contributed by atoms with van der Waals surface area (Å²) in [4.78, 5) is 18.7. The Morgan fingerprint density at radius 3 is 2.54 bits per heavy atom. The van der Waals surface area contributed by atoms with E-state index in [0.29, 0.717) is 29.6 Å². The molecule has 7 heteroatoms. The molecular formula is C21H21ClN2O3S. The van der Waals surface area contributed by atoms with Crippen molar-refractivity contribution in [1.82, 2.24) is 4.98 Å². The van der Waals surface area contributed by atoms with Crippen molar-refractivity contribution in [3.05, 3.63) is 59.5 Å². The number of ether oxygens (including phenoxy) is 2. The molecule has 0 aliphatic rings. The van der Waals surface area contributed by atoms with E-state index in [4.69, 9.17) is 21.1 Å². The van der Waals surface area contributed by atoms with E-state index in [1.807, 2.05) is 53.9 Å². The van der Waals surface area contributed by atoms with Gasteiger partial charge in [-0.2, -0.15) is 0 Å². The van der Waals surface area contributed by atoms with E-state index in [9.17, 15) is 4.79 Å². The van der Waals surface area contributed by atoms with Gasteiger partial charge in [-0.25, -0.2) is 4.98 Å². The fourth-order valence-corrected chi connectivity index (χ4v) is 3.83. The minimum absolute atomic E-state index is 0.0911. The van der Waals surface area contributed by atoms with Crippen LogP contribution in [0.2, 0.25) is 0 Å². The van der Waals surface area contributed by atoms with Gasteiger partial charge in [0.05, 0.1) is 19.9 Å². The molecule has 0 aliphatic carbocycles. The second kappa shape index (κ2) is 9.57. The van der Waals surface area contributed by atoms with Crippen LogP contribution in [-0.4, -0.2) is 37.5 Å². The Morgan fingerprint density at radius 1 is 1.11 bits per heavy atom. The van der Waals surface area contributed by atoms with E-state index < -0.39 is 0 Å². The Morgan fingerprint density at radius 2 is 1.86 bits per heavy atom. The largest absolute Gasteiger partial charge is 0.493 e. The molecule has 0 atom stereocenters. The maximum atomic E-state index is 12.4. The zero-order valence-electron chi connectivity index (χ0n) is 15.7. The van der Waals surface area contributed by atoms with Gasteiger partial charge in [0, 0.05) is 17.5 Å². The molecule has 0 fully saturated rings. The number of amides is 1. The first kappa shape index (κ1) is 20.2. The van der Waals surface area contributed by atoms with Gasteiger partial charge in [-0.05, 0) is 24.1 Å². The lowest BCUT2D eigenvalue weighted by molar-refractivity contribution is -0.116. The fourth-order valence-electron chi connectivity index (χ4n) is 2.81. The Hall–Kier alpha value is -2.57. The lowest BCUT2D eigenvalue weighted by atomic mass is 10.1. The predicted octanol–water partition coefficient (Wildman–Crippen LogP) is 4.64. The molecule has 0 unspecified atom stereocenters. The quantitative estimate of drug-likeness (QED) is 0.502. The number of alkyl halides is 1. The number of carbonyl (C=O) groups excluding carboxylic acids is 1. The van der Waals surface area contributed by atoms with E-state index in [0.717, 1.165) is 16.8 Å². The van der Waals surface area contributed by atoms with Gasteiger partial charge in [0.15, 0.2) is 16.6 Å². The zero-order chi connectivity index (χ0) is 19.9. The van der Waals surface area contributed by atoms with Crippen LogP contribution >= 0.6 is 22.9 Å². The van der Waals surface area contributed by atoms with Gasteiger partial charge < -0.3 is 9.47 Å². The molecule has 2 aromatic carbocycles. The molecular weight excluding hydrogens is 396 g/mol. The average molecular weight is 417 g/mol. The minimum atomic E-state index is -0.170. The van der Waals surface area contributed by atoms with Crippen LogP contribution < -0.4 is 14.4 Å². The summed E-state index contributed by atoms with van der Waals surface area (Å²) in [6.07, 6.45) is 0.642. The Bertz CT molecular complexity index is 930. The maximum absolute atomic E-state index is 12.4. The minimum Gasteiger partial charge on any atom is -0.493 e. The smallest absolute Gasteiger partial charge is 0.243 e. The molecule has 0 saturated heterocycles. The van der Waals surface area contributed by atoms with Gasteiger partial charge in [0.1, 0.15) is 5.88 Å². The van der Waals surface area contributed by atoms with E-state index in [2.05, 4.69) is 4.98 Å². The third-order valence-corrected chi connectivity index (χ3v) is 5.37. The van der Waals surface area contributed by atoms with Gasteiger partial charge in [-0.3, -0.25) is 9.69 Å². The molecule has 28 heavy (non-hydrogen) atoms. The molecule has 0 bridgehead atoms. The average Bonchev–Trinajstić information content (AvgIpc) is 3.24. The van der Waals surface area contributed by atoms with Crippen molar-refractivity contribution in [1.29, 1.82) is 0 Å². The van der Waals surface area contributed by atoms with Crippen LogP contribution in [0, 0.1) is 0 Å². The summed E-state index contributed by atoms with van der Waals surface area (Å²) < 4.78 is 10.6. The molecule has 0 saturated carbocycles. The van der Waals surface area contributed by atoms with Gasteiger partial charge in [0.25, 0.3) is 0 Å². The first-order valence-electron chi connectivity index (χ1n) is 8.74. The zero-order valence-corrected chi connectivity index (χ0v) is 17.3. The highest BCUT2D eigenvalue weighted by atomic mass is 35.5. The van der Waals surface area contributed by atoms with Crippen LogP contribution in [0.15, 0.2) is 53.9 Å². The molecule has 3 aromatic rings. The molecule has 0 aliphatic heterocycles. The van der Waals surface area contributed by atoms with Crippen molar-refractivity contribution < 1.29 is 14.3 Å². The van der Waals surface area contributed by atoms with Crippen LogP contribution in [-0.2, 0) is 11.2 Å². The summed E-state index contributed by atoms with van der Waals surface area (Å²) in [5.41, 5.74) is 2.90. The standard InChI is InChI=1S/C21H21ClN2O3S/c1-26-18-9-8-15(12-19(18)27-2)10-11-24(20(25)13-22)21-23-17(14-28-21)16-6-4-3-5-7-16/h3-9,12,14H,10-11,13H2,1-2H3. The number of rotatable bonds is 8. The summed E-state index contributed by atoms with van der Waals surface area (Å²) in [6, 6.07) is 15.6. The second-order valence-corrected chi connectivity index (χ2v) is 7.10. The van der Waals surface area contributed by atoms with Crippen LogP contribution in [0.5, 0.6) is 11.5 Å². The summed E-state index contributed by atoms with van der Waals surface area (Å²) >= 11 is 7.27. The number of methoxy groups -OCH3 is 2. The van der Waals surface area contributed by atoms with Crippen molar-refractivity contribution in [3.8, 4) is 22.8 Å². The van der Waals surface area contributed by atoms with E-state index in [1.165, 1.54) is 11.3 Å². The van der Waals surface area contributed by atoms with Gasteiger partial charge in [-0.15, -0.1) is 22.9 Å². The highest BCUT2D eigenvalue weighted by Gasteiger charge is 2.19. The van der Waals surface area contributed by atoms with Crippen molar-refractivity contribution >= 4 is 34.0 Å². The normalized spacial score (nSPS) is 10.5. The highest BCUT2D eigenvalue weighted by Crippen LogP contribution is 2.30. The third-order valence-electron chi connectivity index (χ3n) is 4.28. The molecule has 1 heterocycles. The number of thiazole rings is 1. The molecule has 0 N–H and O–H groups in total. The van der Waals surface area contributed by atoms with Crippen molar-refractivity contribution in [2.24, 2.45) is 0 Å². The number of hydrogen-bond acceptors (Lipinski definition) is 5. The molecule has 0 spiro atoms. The summed E-state index contributed by atoms with van der Waals surface area (Å²) in [5, 5.41) is 2.60.